The van der Waals surface area contributed by atoms with Crippen LogP contribution in [0.2, 0.25) is 0 Å². The van der Waals surface area contributed by atoms with Gasteiger partial charge in [-0.25, -0.2) is 4.79 Å². The lowest BCUT2D eigenvalue weighted by molar-refractivity contribution is 0.0607. The van der Waals surface area contributed by atoms with E-state index in [0.717, 1.165) is 19.3 Å². The normalized spacial score (nSPS) is 19.7. The van der Waals surface area contributed by atoms with Gasteiger partial charge in [0.2, 0.25) is 0 Å². The van der Waals surface area contributed by atoms with Gasteiger partial charge in [0.15, 0.2) is 0 Å². The van der Waals surface area contributed by atoms with Crippen molar-refractivity contribution in [2.24, 2.45) is 5.92 Å². The summed E-state index contributed by atoms with van der Waals surface area (Å²) in [5, 5.41) is 0. The third-order valence-electron chi connectivity index (χ3n) is 2.92. The number of methoxy groups -OCH3 is 1. The standard InChI is InChI=1S/C11H15NO2S/c1-6-3-4-7-8(5-6)15-10(9(7)12)11(13)14-2/h6H,3-5,12H2,1-2H3. The van der Waals surface area contributed by atoms with Crippen molar-refractivity contribution in [2.75, 3.05) is 12.8 Å². The van der Waals surface area contributed by atoms with Gasteiger partial charge in [0.05, 0.1) is 12.8 Å². The van der Waals surface area contributed by atoms with Crippen LogP contribution in [-0.2, 0) is 17.6 Å². The van der Waals surface area contributed by atoms with Gasteiger partial charge < -0.3 is 10.5 Å². The third-order valence-corrected chi connectivity index (χ3v) is 4.17. The number of carbonyl (C=O) groups is 1. The zero-order valence-corrected chi connectivity index (χ0v) is 9.82. The van der Waals surface area contributed by atoms with Crippen LogP contribution in [0.15, 0.2) is 0 Å². The maximum Gasteiger partial charge on any atom is 0.350 e. The van der Waals surface area contributed by atoms with Crippen molar-refractivity contribution in [2.45, 2.75) is 26.2 Å². The Balaban J connectivity index is 2.40. The van der Waals surface area contributed by atoms with Crippen molar-refractivity contribution >= 4 is 23.0 Å². The van der Waals surface area contributed by atoms with E-state index in [1.165, 1.54) is 28.9 Å². The highest BCUT2D eigenvalue weighted by molar-refractivity contribution is 7.14. The molecule has 0 fully saturated rings. The molecule has 4 heteroatoms. The monoisotopic (exact) mass is 225 g/mol. The second-order valence-electron chi connectivity index (χ2n) is 4.09. The van der Waals surface area contributed by atoms with Crippen molar-refractivity contribution in [1.29, 1.82) is 0 Å². The molecule has 1 aliphatic carbocycles. The fourth-order valence-corrected chi connectivity index (χ4v) is 3.37. The molecule has 2 rings (SSSR count). The summed E-state index contributed by atoms with van der Waals surface area (Å²) in [4.78, 5) is 13.3. The van der Waals surface area contributed by atoms with Gasteiger partial charge in [-0.1, -0.05) is 6.92 Å². The van der Waals surface area contributed by atoms with Gasteiger partial charge >= 0.3 is 5.97 Å². The van der Waals surface area contributed by atoms with Gasteiger partial charge in [0.1, 0.15) is 4.88 Å². The SMILES string of the molecule is COC(=O)c1sc2c(c1N)CCC(C)C2. The first-order valence-electron chi connectivity index (χ1n) is 5.11. The minimum atomic E-state index is -0.306. The molecule has 1 aromatic rings. The van der Waals surface area contributed by atoms with Crippen molar-refractivity contribution in [3.63, 3.8) is 0 Å². The van der Waals surface area contributed by atoms with Gasteiger partial charge in [-0.05, 0) is 30.7 Å². The Morgan fingerprint density at radius 1 is 1.60 bits per heavy atom. The summed E-state index contributed by atoms with van der Waals surface area (Å²) in [5.41, 5.74) is 7.78. The number of anilines is 1. The van der Waals surface area contributed by atoms with Crippen molar-refractivity contribution < 1.29 is 9.53 Å². The van der Waals surface area contributed by atoms with E-state index in [0.29, 0.717) is 16.5 Å². The third kappa shape index (κ3) is 1.74. The summed E-state index contributed by atoms with van der Waals surface area (Å²) in [7, 11) is 1.39. The Labute approximate surface area is 93.2 Å². The molecule has 0 aliphatic heterocycles. The minimum Gasteiger partial charge on any atom is -0.465 e. The molecule has 1 aromatic heterocycles. The summed E-state index contributed by atoms with van der Waals surface area (Å²) in [5.74, 6) is 0.389. The lowest BCUT2D eigenvalue weighted by Gasteiger charge is -2.17. The average Bonchev–Trinajstić information content (AvgIpc) is 2.54. The number of rotatable bonds is 1. The molecule has 0 bridgehead atoms. The first kappa shape index (κ1) is 10.5. The van der Waals surface area contributed by atoms with E-state index in [1.807, 2.05) is 0 Å². The predicted molar refractivity (Wildman–Crippen MR) is 61.3 cm³/mol. The fraction of sp³-hybridized carbons (Fsp3) is 0.545. The molecule has 82 valence electrons. The predicted octanol–water partition coefficient (Wildman–Crippen LogP) is 2.24. The smallest absolute Gasteiger partial charge is 0.350 e. The van der Waals surface area contributed by atoms with Crippen molar-refractivity contribution in [1.82, 2.24) is 0 Å². The molecule has 3 nitrogen and oxygen atoms in total. The van der Waals surface area contributed by atoms with Crippen LogP contribution in [0.1, 0.15) is 33.5 Å². The number of nitrogen functional groups attached to an aromatic ring is 1. The van der Waals surface area contributed by atoms with Crippen LogP contribution in [0.25, 0.3) is 0 Å². The van der Waals surface area contributed by atoms with E-state index in [1.54, 1.807) is 0 Å². The number of fused-ring (bicyclic) bond motifs is 1. The number of nitrogens with two attached hydrogens (primary N) is 1. The largest absolute Gasteiger partial charge is 0.465 e. The number of thiophene rings is 1. The quantitative estimate of drug-likeness (QED) is 0.746. The summed E-state index contributed by atoms with van der Waals surface area (Å²) >= 11 is 1.50. The van der Waals surface area contributed by atoms with E-state index in [4.69, 9.17) is 10.5 Å². The minimum absolute atomic E-state index is 0.306. The molecule has 0 aromatic carbocycles. The number of esters is 1. The van der Waals surface area contributed by atoms with Crippen molar-refractivity contribution in [3.8, 4) is 0 Å². The van der Waals surface area contributed by atoms with Crippen molar-refractivity contribution in [3.05, 3.63) is 15.3 Å². The molecule has 0 radical (unpaired) electrons. The zero-order chi connectivity index (χ0) is 11.0. The Morgan fingerprint density at radius 3 is 3.00 bits per heavy atom. The van der Waals surface area contributed by atoms with E-state index >= 15 is 0 Å². The molecule has 2 N–H and O–H groups in total. The molecular weight excluding hydrogens is 210 g/mol. The second kappa shape index (κ2) is 3.85. The summed E-state index contributed by atoms with van der Waals surface area (Å²) < 4.78 is 4.71. The Bertz CT molecular complexity index is 398. The number of hydrogen-bond donors (Lipinski definition) is 1. The van der Waals surface area contributed by atoms with Crippen LogP contribution in [0.3, 0.4) is 0 Å². The lowest BCUT2D eigenvalue weighted by Crippen LogP contribution is -2.10. The first-order chi connectivity index (χ1) is 7.13. The maximum atomic E-state index is 11.4. The molecule has 0 saturated carbocycles. The molecule has 0 saturated heterocycles. The highest BCUT2D eigenvalue weighted by Crippen LogP contribution is 2.38. The van der Waals surface area contributed by atoms with Crippen LogP contribution in [0, 0.1) is 5.92 Å². The highest BCUT2D eigenvalue weighted by atomic mass is 32.1. The first-order valence-corrected chi connectivity index (χ1v) is 5.93. The van der Waals surface area contributed by atoms with Gasteiger partial charge in [-0.15, -0.1) is 11.3 Å². The topological polar surface area (TPSA) is 52.3 Å². The fourth-order valence-electron chi connectivity index (χ4n) is 2.02. The molecule has 1 atom stereocenters. The van der Waals surface area contributed by atoms with Crippen LogP contribution in [-0.4, -0.2) is 13.1 Å². The van der Waals surface area contributed by atoms with Crippen LogP contribution < -0.4 is 5.73 Å². The van der Waals surface area contributed by atoms with Gasteiger partial charge in [-0.2, -0.15) is 0 Å². The number of carbonyl (C=O) groups excluding carboxylic acids is 1. The molecule has 1 aliphatic rings. The molecule has 15 heavy (non-hydrogen) atoms. The van der Waals surface area contributed by atoms with Crippen LogP contribution in [0.5, 0.6) is 0 Å². The Morgan fingerprint density at radius 2 is 2.33 bits per heavy atom. The molecule has 0 amide bonds. The van der Waals surface area contributed by atoms with Gasteiger partial charge in [-0.3, -0.25) is 0 Å². The molecule has 1 heterocycles. The molecule has 1 unspecified atom stereocenters. The van der Waals surface area contributed by atoms with E-state index in [2.05, 4.69) is 6.92 Å². The zero-order valence-electron chi connectivity index (χ0n) is 9.00. The van der Waals surface area contributed by atoms with E-state index in [-0.39, 0.29) is 5.97 Å². The average molecular weight is 225 g/mol. The summed E-state index contributed by atoms with van der Waals surface area (Å²) in [6.45, 7) is 2.23. The Hall–Kier alpha value is -1.03. The molecular formula is C11H15NO2S. The highest BCUT2D eigenvalue weighted by Gasteiger charge is 2.25. The Kier molecular flexibility index (Phi) is 2.69. The van der Waals surface area contributed by atoms with E-state index in [9.17, 15) is 4.79 Å². The van der Waals surface area contributed by atoms with Gasteiger partial charge in [0, 0.05) is 4.88 Å². The van der Waals surface area contributed by atoms with Crippen LogP contribution in [0.4, 0.5) is 5.69 Å². The summed E-state index contributed by atoms with van der Waals surface area (Å²) in [6.07, 6.45) is 3.20. The molecule has 0 spiro atoms. The number of ether oxygens (including phenoxy) is 1. The van der Waals surface area contributed by atoms with Crippen LogP contribution >= 0.6 is 11.3 Å². The van der Waals surface area contributed by atoms with E-state index < -0.39 is 0 Å². The van der Waals surface area contributed by atoms with Gasteiger partial charge in [0.25, 0.3) is 0 Å². The summed E-state index contributed by atoms with van der Waals surface area (Å²) in [6, 6.07) is 0. The second-order valence-corrected chi connectivity index (χ2v) is 5.19. The number of hydrogen-bond acceptors (Lipinski definition) is 4. The lowest BCUT2D eigenvalue weighted by atomic mass is 9.90. The maximum absolute atomic E-state index is 11.4.